The fraction of sp³-hybridized carbons (Fsp3) is 0.889. The van der Waals surface area contributed by atoms with E-state index in [1.54, 1.807) is 27.8 Å². The van der Waals surface area contributed by atoms with E-state index in [4.69, 9.17) is 9.57 Å². The normalized spacial score (nSPS) is 11.4. The van der Waals surface area contributed by atoms with E-state index in [2.05, 4.69) is 17.6 Å². The number of ether oxygens (including phenoxy) is 1. The van der Waals surface area contributed by atoms with Crippen LogP contribution in [0.1, 0.15) is 68.2 Å². The molecule has 0 rings (SSSR count). The zero-order valence-corrected chi connectivity index (χ0v) is 17.6. The van der Waals surface area contributed by atoms with Crippen LogP contribution in [0.4, 0.5) is 4.79 Å². The molecule has 0 aromatic rings. The molecule has 0 heterocycles. The standard InChI is InChI=1S/C16H33N3O4.C2H6/c1-8-9-10-17-13(20)16(5,6)11-19(7)22-12-18-14(21)23-15(2,3)4;1-2/h8-12H2,1-7H3,(H,17,20)(H,18,21);1-2H3. The molecule has 25 heavy (non-hydrogen) atoms. The van der Waals surface area contributed by atoms with Crippen LogP contribution >= 0.6 is 0 Å². The minimum absolute atomic E-state index is 0.0125. The van der Waals surface area contributed by atoms with Crippen LogP contribution in [-0.4, -0.2) is 49.5 Å². The van der Waals surface area contributed by atoms with Crippen LogP contribution in [0.15, 0.2) is 0 Å². The van der Waals surface area contributed by atoms with Crippen LogP contribution in [0.5, 0.6) is 0 Å². The molecule has 7 nitrogen and oxygen atoms in total. The Balaban J connectivity index is 0. The van der Waals surface area contributed by atoms with E-state index < -0.39 is 17.1 Å². The van der Waals surface area contributed by atoms with E-state index in [1.807, 2.05) is 27.7 Å². The molecule has 0 aromatic carbocycles. The Hall–Kier alpha value is -1.34. The van der Waals surface area contributed by atoms with Crippen LogP contribution in [0.2, 0.25) is 0 Å². The molecule has 0 aliphatic rings. The Morgan fingerprint density at radius 3 is 2.08 bits per heavy atom. The maximum absolute atomic E-state index is 12.1. The number of nitrogens with zero attached hydrogens (tertiary/aromatic N) is 1. The summed E-state index contributed by atoms with van der Waals surface area (Å²) in [6.45, 7) is 16.2. The lowest BCUT2D eigenvalue weighted by Crippen LogP contribution is -2.45. The molecule has 0 atom stereocenters. The second kappa shape index (κ2) is 12.9. The van der Waals surface area contributed by atoms with E-state index in [-0.39, 0.29) is 12.6 Å². The number of alkyl carbamates (subject to hydrolysis) is 1. The van der Waals surface area contributed by atoms with Crippen molar-refractivity contribution in [2.45, 2.75) is 73.8 Å². The lowest BCUT2D eigenvalue weighted by Gasteiger charge is -2.28. The first-order valence-electron chi connectivity index (χ1n) is 9.07. The first kappa shape index (κ1) is 25.9. The molecule has 0 aliphatic heterocycles. The molecular weight excluding hydrogens is 322 g/mol. The molecule has 0 radical (unpaired) electrons. The fourth-order valence-electron chi connectivity index (χ4n) is 1.81. The number of hydrogen-bond donors (Lipinski definition) is 2. The molecule has 0 unspecified atom stereocenters. The highest BCUT2D eigenvalue weighted by atomic mass is 16.7. The lowest BCUT2D eigenvalue weighted by atomic mass is 9.92. The zero-order chi connectivity index (χ0) is 20.1. The number of hydrogen-bond acceptors (Lipinski definition) is 5. The summed E-state index contributed by atoms with van der Waals surface area (Å²) < 4.78 is 5.10. The smallest absolute Gasteiger partial charge is 0.409 e. The van der Waals surface area contributed by atoms with E-state index in [0.717, 1.165) is 12.8 Å². The monoisotopic (exact) mass is 361 g/mol. The van der Waals surface area contributed by atoms with Gasteiger partial charge in [0, 0.05) is 20.1 Å². The van der Waals surface area contributed by atoms with Gasteiger partial charge in [-0.05, 0) is 41.0 Å². The van der Waals surface area contributed by atoms with Gasteiger partial charge in [0.25, 0.3) is 0 Å². The van der Waals surface area contributed by atoms with Crippen molar-refractivity contribution in [3.63, 3.8) is 0 Å². The largest absolute Gasteiger partial charge is 0.444 e. The quantitative estimate of drug-likeness (QED) is 0.374. The van der Waals surface area contributed by atoms with E-state index >= 15 is 0 Å². The Labute approximate surface area is 153 Å². The second-order valence-electron chi connectivity index (χ2n) is 7.23. The molecule has 0 fully saturated rings. The Morgan fingerprint density at radius 2 is 1.60 bits per heavy atom. The SMILES string of the molecule is CC.CCCCNC(=O)C(C)(C)CN(C)OCNC(=O)OC(C)(C)C. The van der Waals surface area contributed by atoms with Gasteiger partial charge < -0.3 is 10.1 Å². The minimum atomic E-state index is -0.589. The number of hydroxylamine groups is 2. The molecule has 0 aromatic heterocycles. The number of rotatable bonds is 9. The van der Waals surface area contributed by atoms with E-state index in [0.29, 0.717) is 13.1 Å². The summed E-state index contributed by atoms with van der Waals surface area (Å²) in [5.74, 6) is -0.0125. The predicted molar refractivity (Wildman–Crippen MR) is 101 cm³/mol. The summed E-state index contributed by atoms with van der Waals surface area (Å²) in [4.78, 5) is 29.0. The van der Waals surface area contributed by atoms with Gasteiger partial charge >= 0.3 is 6.09 Å². The van der Waals surface area contributed by atoms with E-state index in [9.17, 15) is 9.59 Å². The van der Waals surface area contributed by atoms with Crippen LogP contribution in [-0.2, 0) is 14.4 Å². The van der Waals surface area contributed by atoms with Crippen molar-refractivity contribution in [2.24, 2.45) is 5.41 Å². The highest BCUT2D eigenvalue weighted by molar-refractivity contribution is 5.81. The minimum Gasteiger partial charge on any atom is -0.444 e. The number of nitrogens with one attached hydrogen (secondary N) is 2. The fourth-order valence-corrected chi connectivity index (χ4v) is 1.81. The lowest BCUT2D eigenvalue weighted by molar-refractivity contribution is -0.167. The van der Waals surface area contributed by atoms with E-state index in [1.165, 1.54) is 5.06 Å². The first-order chi connectivity index (χ1) is 11.5. The molecule has 2 amide bonds. The van der Waals surface area contributed by atoms with Crippen molar-refractivity contribution in [1.29, 1.82) is 0 Å². The van der Waals surface area contributed by atoms with Crippen molar-refractivity contribution < 1.29 is 19.2 Å². The van der Waals surface area contributed by atoms with Gasteiger partial charge in [0.15, 0.2) is 0 Å². The molecule has 150 valence electrons. The van der Waals surface area contributed by atoms with Gasteiger partial charge in [-0.3, -0.25) is 14.9 Å². The Bertz CT molecular complexity index is 379. The molecule has 0 aliphatic carbocycles. The maximum atomic E-state index is 12.1. The number of unbranched alkanes of at least 4 members (excludes halogenated alkanes) is 1. The molecule has 0 bridgehead atoms. The van der Waals surface area contributed by atoms with Crippen molar-refractivity contribution in [3.05, 3.63) is 0 Å². The van der Waals surface area contributed by atoms with Gasteiger partial charge in [-0.15, -0.1) is 0 Å². The van der Waals surface area contributed by atoms with Crippen LogP contribution < -0.4 is 10.6 Å². The Morgan fingerprint density at radius 1 is 1.04 bits per heavy atom. The van der Waals surface area contributed by atoms with Crippen molar-refractivity contribution >= 4 is 12.0 Å². The summed E-state index contributed by atoms with van der Waals surface area (Å²) in [7, 11) is 1.72. The van der Waals surface area contributed by atoms with Crippen molar-refractivity contribution in [3.8, 4) is 0 Å². The molecular formula is C18H39N3O4. The molecule has 7 heteroatoms. The molecule has 2 N–H and O–H groups in total. The number of amides is 2. The topological polar surface area (TPSA) is 79.9 Å². The van der Waals surface area contributed by atoms with Crippen LogP contribution in [0.3, 0.4) is 0 Å². The third kappa shape index (κ3) is 14.7. The summed E-state index contributed by atoms with van der Waals surface area (Å²) in [6, 6.07) is 0. The maximum Gasteiger partial charge on any atom is 0.409 e. The summed E-state index contributed by atoms with van der Waals surface area (Å²) >= 11 is 0. The van der Waals surface area contributed by atoms with Gasteiger partial charge in [0.1, 0.15) is 12.3 Å². The second-order valence-corrected chi connectivity index (χ2v) is 7.23. The predicted octanol–water partition coefficient (Wildman–Crippen LogP) is 3.30. The van der Waals surface area contributed by atoms with Crippen LogP contribution in [0.25, 0.3) is 0 Å². The number of carbonyl (C=O) groups is 2. The zero-order valence-electron chi connectivity index (χ0n) is 17.6. The van der Waals surface area contributed by atoms with Gasteiger partial charge in [-0.2, -0.15) is 5.06 Å². The van der Waals surface area contributed by atoms with Crippen molar-refractivity contribution in [2.75, 3.05) is 26.9 Å². The first-order valence-corrected chi connectivity index (χ1v) is 9.07. The van der Waals surface area contributed by atoms with Gasteiger partial charge in [0.05, 0.1) is 5.41 Å². The third-order valence-corrected chi connectivity index (χ3v) is 2.95. The average molecular weight is 362 g/mol. The average Bonchev–Trinajstić information content (AvgIpc) is 2.47. The Kier molecular flexibility index (Phi) is 13.4. The highest BCUT2D eigenvalue weighted by Crippen LogP contribution is 2.16. The number of carbonyl (C=O) groups excluding carboxylic acids is 2. The van der Waals surface area contributed by atoms with Gasteiger partial charge in [0.2, 0.25) is 5.91 Å². The highest BCUT2D eigenvalue weighted by Gasteiger charge is 2.29. The molecule has 0 spiro atoms. The third-order valence-electron chi connectivity index (χ3n) is 2.95. The van der Waals surface area contributed by atoms with Crippen LogP contribution in [0, 0.1) is 5.41 Å². The molecule has 0 saturated carbocycles. The van der Waals surface area contributed by atoms with Gasteiger partial charge in [-0.25, -0.2) is 4.79 Å². The van der Waals surface area contributed by atoms with Gasteiger partial charge in [-0.1, -0.05) is 27.2 Å². The molecule has 0 saturated heterocycles. The summed E-state index contributed by atoms with van der Waals surface area (Å²) in [5.41, 5.74) is -1.14. The summed E-state index contributed by atoms with van der Waals surface area (Å²) in [6.07, 6.45) is 1.47. The van der Waals surface area contributed by atoms with Crippen molar-refractivity contribution in [1.82, 2.24) is 15.7 Å². The summed E-state index contributed by atoms with van der Waals surface area (Å²) in [5, 5.41) is 6.96.